The van der Waals surface area contributed by atoms with Crippen molar-refractivity contribution in [2.45, 2.75) is 18.7 Å². The second-order valence-corrected chi connectivity index (χ2v) is 5.24. The zero-order valence-electron chi connectivity index (χ0n) is 13.8. The van der Waals surface area contributed by atoms with Crippen LogP contribution < -0.4 is 9.47 Å². The van der Waals surface area contributed by atoms with Gasteiger partial charge in [0.05, 0.1) is 12.7 Å². The van der Waals surface area contributed by atoms with Crippen LogP contribution in [0.3, 0.4) is 0 Å². The van der Waals surface area contributed by atoms with Crippen LogP contribution in [0, 0.1) is 0 Å². The highest BCUT2D eigenvalue weighted by Gasteiger charge is 2.30. The van der Waals surface area contributed by atoms with E-state index in [-0.39, 0.29) is 18.8 Å². The molecule has 1 atom stereocenters. The predicted molar refractivity (Wildman–Crippen MR) is 86.1 cm³/mol. The summed E-state index contributed by atoms with van der Waals surface area (Å²) in [7, 11) is 1.22. The molecule has 5 nitrogen and oxygen atoms in total. The van der Waals surface area contributed by atoms with Crippen LogP contribution in [0.25, 0.3) is 0 Å². The molecular formula is C18H17F3O5. The number of esters is 1. The quantitative estimate of drug-likeness (QED) is 0.751. The van der Waals surface area contributed by atoms with Crippen molar-refractivity contribution in [3.8, 4) is 17.2 Å². The molecule has 0 fully saturated rings. The standard InChI is InChI=1S/C18H17F3O5/c1-24-17(23)16(10-11-22)26-15-8-6-14(7-9-15)25-13-4-2-12(3-5-13)18(19,20)21/h2-9,16,22H,10-11H2,1H3. The molecular weight excluding hydrogens is 353 g/mol. The van der Waals surface area contributed by atoms with Crippen LogP contribution in [0.1, 0.15) is 12.0 Å². The van der Waals surface area contributed by atoms with Gasteiger partial charge in [0.25, 0.3) is 0 Å². The molecule has 0 saturated carbocycles. The average Bonchev–Trinajstić information content (AvgIpc) is 2.62. The molecule has 0 heterocycles. The molecule has 1 unspecified atom stereocenters. The maximum absolute atomic E-state index is 12.5. The zero-order chi connectivity index (χ0) is 19.2. The average molecular weight is 370 g/mol. The normalized spacial score (nSPS) is 12.3. The van der Waals surface area contributed by atoms with Crippen LogP contribution in [0.2, 0.25) is 0 Å². The Morgan fingerprint density at radius 1 is 1.00 bits per heavy atom. The molecule has 0 aliphatic rings. The lowest BCUT2D eigenvalue weighted by Crippen LogP contribution is -2.29. The number of halogens is 3. The first-order valence-electron chi connectivity index (χ1n) is 7.64. The molecule has 0 bridgehead atoms. The molecule has 0 saturated heterocycles. The number of ether oxygens (including phenoxy) is 3. The van der Waals surface area contributed by atoms with Gasteiger partial charge in [-0.25, -0.2) is 4.79 Å². The van der Waals surface area contributed by atoms with Crippen LogP contribution in [0.4, 0.5) is 13.2 Å². The van der Waals surface area contributed by atoms with Gasteiger partial charge in [-0.1, -0.05) is 0 Å². The van der Waals surface area contributed by atoms with Crippen LogP contribution in [0.15, 0.2) is 48.5 Å². The van der Waals surface area contributed by atoms with Gasteiger partial charge in [0.2, 0.25) is 0 Å². The summed E-state index contributed by atoms with van der Waals surface area (Å²) in [5.74, 6) is 0.381. The summed E-state index contributed by atoms with van der Waals surface area (Å²) in [6.45, 7) is -0.241. The Labute approximate surface area is 147 Å². The van der Waals surface area contributed by atoms with Crippen LogP contribution in [-0.2, 0) is 15.7 Å². The number of carbonyl (C=O) groups is 1. The highest BCUT2D eigenvalue weighted by atomic mass is 19.4. The molecule has 2 rings (SSSR count). The summed E-state index contributed by atoms with van der Waals surface area (Å²) in [4.78, 5) is 11.5. The lowest BCUT2D eigenvalue weighted by Gasteiger charge is -2.16. The highest BCUT2D eigenvalue weighted by Crippen LogP contribution is 2.31. The number of aliphatic hydroxyl groups excluding tert-OH is 1. The summed E-state index contributed by atoms with van der Waals surface area (Å²) in [6, 6.07) is 10.5. The number of carbonyl (C=O) groups excluding carboxylic acids is 1. The van der Waals surface area contributed by atoms with Crippen molar-refractivity contribution in [1.82, 2.24) is 0 Å². The zero-order valence-corrected chi connectivity index (χ0v) is 13.8. The van der Waals surface area contributed by atoms with Gasteiger partial charge < -0.3 is 19.3 Å². The van der Waals surface area contributed by atoms with E-state index in [0.29, 0.717) is 11.5 Å². The van der Waals surface area contributed by atoms with Gasteiger partial charge in [-0.2, -0.15) is 13.2 Å². The molecule has 1 N–H and O–H groups in total. The van der Waals surface area contributed by atoms with Crippen molar-refractivity contribution < 1.29 is 37.3 Å². The van der Waals surface area contributed by atoms with Gasteiger partial charge >= 0.3 is 12.1 Å². The van der Waals surface area contributed by atoms with E-state index in [9.17, 15) is 18.0 Å². The molecule has 0 aliphatic carbocycles. The molecule has 0 aromatic heterocycles. The van der Waals surface area contributed by atoms with E-state index in [0.717, 1.165) is 12.1 Å². The summed E-state index contributed by atoms with van der Waals surface area (Å²) >= 11 is 0. The molecule has 26 heavy (non-hydrogen) atoms. The van der Waals surface area contributed by atoms with Gasteiger partial charge in [-0.3, -0.25) is 0 Å². The maximum Gasteiger partial charge on any atom is 0.416 e. The van der Waals surface area contributed by atoms with Crippen molar-refractivity contribution in [3.63, 3.8) is 0 Å². The number of hydrogen-bond acceptors (Lipinski definition) is 5. The van der Waals surface area contributed by atoms with Crippen LogP contribution in [0.5, 0.6) is 17.2 Å². The number of benzene rings is 2. The molecule has 2 aromatic carbocycles. The first-order chi connectivity index (χ1) is 12.3. The van der Waals surface area contributed by atoms with Crippen molar-refractivity contribution >= 4 is 5.97 Å². The molecule has 0 spiro atoms. The Bertz CT molecular complexity index is 711. The lowest BCUT2D eigenvalue weighted by atomic mass is 10.2. The highest BCUT2D eigenvalue weighted by molar-refractivity contribution is 5.74. The Balaban J connectivity index is 2.01. The second kappa shape index (κ2) is 8.57. The van der Waals surface area contributed by atoms with E-state index in [2.05, 4.69) is 4.74 Å². The summed E-state index contributed by atoms with van der Waals surface area (Å²) in [5.41, 5.74) is -0.758. The van der Waals surface area contributed by atoms with Crippen molar-refractivity contribution in [2.75, 3.05) is 13.7 Å². The van der Waals surface area contributed by atoms with E-state index in [4.69, 9.17) is 14.6 Å². The van der Waals surface area contributed by atoms with Crippen molar-refractivity contribution in [1.29, 1.82) is 0 Å². The third-order valence-corrected chi connectivity index (χ3v) is 3.37. The Morgan fingerprint density at radius 2 is 1.50 bits per heavy atom. The number of alkyl halides is 3. The Kier molecular flexibility index (Phi) is 6.46. The molecule has 0 radical (unpaired) electrons. The monoisotopic (exact) mass is 370 g/mol. The largest absolute Gasteiger partial charge is 0.479 e. The van der Waals surface area contributed by atoms with E-state index < -0.39 is 23.8 Å². The molecule has 0 aliphatic heterocycles. The summed E-state index contributed by atoms with van der Waals surface area (Å²) in [6.07, 6.45) is -5.26. The van der Waals surface area contributed by atoms with E-state index in [1.807, 2.05) is 0 Å². The number of rotatable bonds is 7. The minimum Gasteiger partial charge on any atom is -0.479 e. The minimum absolute atomic E-state index is 0.0798. The van der Waals surface area contributed by atoms with Crippen LogP contribution in [-0.4, -0.2) is 30.9 Å². The fourth-order valence-electron chi connectivity index (χ4n) is 2.07. The van der Waals surface area contributed by atoms with E-state index in [1.165, 1.54) is 31.4 Å². The predicted octanol–water partition coefficient (Wildman–Crippen LogP) is 3.80. The first-order valence-corrected chi connectivity index (χ1v) is 7.64. The molecule has 2 aromatic rings. The van der Waals surface area contributed by atoms with Crippen molar-refractivity contribution in [3.05, 3.63) is 54.1 Å². The third kappa shape index (κ3) is 5.38. The first kappa shape index (κ1) is 19.6. The van der Waals surface area contributed by atoms with Gasteiger partial charge in [0, 0.05) is 13.0 Å². The Morgan fingerprint density at radius 3 is 1.96 bits per heavy atom. The fourth-order valence-corrected chi connectivity index (χ4v) is 2.07. The van der Waals surface area contributed by atoms with Gasteiger partial charge in [-0.15, -0.1) is 0 Å². The fraction of sp³-hybridized carbons (Fsp3) is 0.278. The van der Waals surface area contributed by atoms with Gasteiger partial charge in [-0.05, 0) is 48.5 Å². The Hall–Kier alpha value is -2.74. The summed E-state index contributed by atoms with van der Waals surface area (Å²) < 4.78 is 53.1. The SMILES string of the molecule is COC(=O)C(CCO)Oc1ccc(Oc2ccc(C(F)(F)F)cc2)cc1. The topological polar surface area (TPSA) is 65.0 Å². The number of methoxy groups -OCH3 is 1. The van der Waals surface area contributed by atoms with Crippen molar-refractivity contribution in [2.24, 2.45) is 0 Å². The maximum atomic E-state index is 12.5. The second-order valence-electron chi connectivity index (χ2n) is 5.24. The minimum atomic E-state index is -4.40. The van der Waals surface area contributed by atoms with E-state index >= 15 is 0 Å². The number of hydrogen-bond donors (Lipinski definition) is 1. The lowest BCUT2D eigenvalue weighted by molar-refractivity contribution is -0.149. The van der Waals surface area contributed by atoms with Gasteiger partial charge in [0.15, 0.2) is 6.10 Å². The molecule has 140 valence electrons. The van der Waals surface area contributed by atoms with Gasteiger partial charge in [0.1, 0.15) is 17.2 Å². The van der Waals surface area contributed by atoms with E-state index in [1.54, 1.807) is 12.1 Å². The summed E-state index contributed by atoms with van der Waals surface area (Å²) in [5, 5.41) is 8.96. The van der Waals surface area contributed by atoms with Crippen LogP contribution >= 0.6 is 0 Å². The molecule has 8 heteroatoms. The molecule has 0 amide bonds. The number of aliphatic hydroxyl groups is 1. The smallest absolute Gasteiger partial charge is 0.416 e. The third-order valence-electron chi connectivity index (χ3n) is 3.37.